The lowest BCUT2D eigenvalue weighted by molar-refractivity contribution is 0.285. The summed E-state index contributed by atoms with van der Waals surface area (Å²) in [7, 11) is 0. The number of nitrogens with one attached hydrogen (secondary N) is 1. The van der Waals surface area contributed by atoms with Crippen molar-refractivity contribution < 1.29 is 9.13 Å². The van der Waals surface area contributed by atoms with E-state index in [0.29, 0.717) is 6.54 Å². The Morgan fingerprint density at radius 1 is 1.29 bits per heavy atom. The van der Waals surface area contributed by atoms with Crippen molar-refractivity contribution in [2.75, 3.05) is 6.54 Å². The van der Waals surface area contributed by atoms with E-state index in [4.69, 9.17) is 4.74 Å². The Bertz CT molecular complexity index is 575. The van der Waals surface area contributed by atoms with Gasteiger partial charge in [-0.1, -0.05) is 13.0 Å². The molecule has 0 spiro atoms. The van der Waals surface area contributed by atoms with Crippen LogP contribution in [0.25, 0.3) is 0 Å². The highest BCUT2D eigenvalue weighted by Gasteiger charge is 2.05. The molecule has 2 aromatic rings. The molecule has 21 heavy (non-hydrogen) atoms. The van der Waals surface area contributed by atoms with E-state index < -0.39 is 0 Å². The van der Waals surface area contributed by atoms with Crippen molar-refractivity contribution in [1.82, 2.24) is 10.3 Å². The van der Waals surface area contributed by atoms with Crippen LogP contribution in [-0.2, 0) is 13.2 Å². The van der Waals surface area contributed by atoms with Gasteiger partial charge < -0.3 is 10.1 Å². The molecule has 0 radical (unpaired) electrons. The van der Waals surface area contributed by atoms with Gasteiger partial charge in [0.25, 0.3) is 0 Å². The summed E-state index contributed by atoms with van der Waals surface area (Å²) >= 11 is 3.32. The second-order valence-corrected chi connectivity index (χ2v) is 5.61. The molecule has 5 heteroatoms. The van der Waals surface area contributed by atoms with E-state index in [9.17, 15) is 4.39 Å². The number of hydrogen-bond acceptors (Lipinski definition) is 3. The maximum absolute atomic E-state index is 13.9. The minimum atomic E-state index is -0.345. The predicted molar refractivity (Wildman–Crippen MR) is 84.7 cm³/mol. The highest BCUT2D eigenvalue weighted by Crippen LogP contribution is 2.19. The average molecular weight is 353 g/mol. The highest BCUT2D eigenvalue weighted by molar-refractivity contribution is 9.10. The molecule has 0 aliphatic carbocycles. The molecule has 1 heterocycles. The molecule has 2 rings (SSSR count). The van der Waals surface area contributed by atoms with Gasteiger partial charge in [-0.15, -0.1) is 0 Å². The molecule has 112 valence electrons. The molecule has 1 aromatic carbocycles. The van der Waals surface area contributed by atoms with Gasteiger partial charge in [0, 0.05) is 17.2 Å². The van der Waals surface area contributed by atoms with Crippen LogP contribution >= 0.6 is 15.9 Å². The van der Waals surface area contributed by atoms with E-state index >= 15 is 0 Å². The predicted octanol–water partition coefficient (Wildman–Crippen LogP) is 4.06. The molecule has 0 aliphatic rings. The molecule has 1 aromatic heterocycles. The first-order valence-corrected chi connectivity index (χ1v) is 7.70. The number of pyridine rings is 1. The zero-order chi connectivity index (χ0) is 15.1. The molecule has 0 saturated heterocycles. The van der Waals surface area contributed by atoms with E-state index in [1.807, 2.05) is 18.2 Å². The first-order chi connectivity index (χ1) is 10.2. The zero-order valence-corrected chi connectivity index (χ0v) is 13.5. The smallest absolute Gasteiger partial charge is 0.165 e. The Morgan fingerprint density at radius 3 is 2.81 bits per heavy atom. The summed E-state index contributed by atoms with van der Waals surface area (Å²) in [5.74, 6) is -0.0955. The van der Waals surface area contributed by atoms with Crippen LogP contribution < -0.4 is 10.1 Å². The highest BCUT2D eigenvalue weighted by atomic mass is 79.9. The molecule has 0 bridgehead atoms. The summed E-state index contributed by atoms with van der Waals surface area (Å²) in [6, 6.07) is 8.76. The van der Waals surface area contributed by atoms with Crippen LogP contribution in [-0.4, -0.2) is 11.5 Å². The van der Waals surface area contributed by atoms with Crippen molar-refractivity contribution in [3.8, 4) is 5.75 Å². The normalized spacial score (nSPS) is 10.6. The number of aromatic nitrogens is 1. The fourth-order valence-corrected chi connectivity index (χ4v) is 2.06. The Morgan fingerprint density at radius 2 is 2.14 bits per heavy atom. The van der Waals surface area contributed by atoms with Crippen LogP contribution in [0.15, 0.2) is 41.0 Å². The standard InChI is InChI=1S/C16H18BrFN2O/c1-2-7-19-9-12-3-6-16(15(18)8-12)21-11-14-5-4-13(17)10-20-14/h3-6,8,10,19H,2,7,9,11H2,1H3. The van der Waals surface area contributed by atoms with Gasteiger partial charge in [0.15, 0.2) is 11.6 Å². The molecule has 1 N–H and O–H groups in total. The summed E-state index contributed by atoms with van der Waals surface area (Å²) in [6.07, 6.45) is 2.75. The lowest BCUT2D eigenvalue weighted by Gasteiger charge is -2.09. The van der Waals surface area contributed by atoms with Crippen LogP contribution in [0.5, 0.6) is 5.75 Å². The lowest BCUT2D eigenvalue weighted by Crippen LogP contribution is -2.13. The SMILES string of the molecule is CCCNCc1ccc(OCc2ccc(Br)cn2)c(F)c1. The molecule has 0 atom stereocenters. The summed E-state index contributed by atoms with van der Waals surface area (Å²) in [5.41, 5.74) is 1.67. The Kier molecular flexibility index (Phi) is 6.14. The average Bonchev–Trinajstić information content (AvgIpc) is 2.48. The number of halogens is 2. The minimum Gasteiger partial charge on any atom is -0.484 e. The van der Waals surface area contributed by atoms with Crippen molar-refractivity contribution in [2.45, 2.75) is 26.5 Å². The molecular formula is C16H18BrFN2O. The number of hydrogen-bond donors (Lipinski definition) is 1. The molecule has 0 aliphatic heterocycles. The number of rotatable bonds is 7. The lowest BCUT2D eigenvalue weighted by atomic mass is 10.2. The van der Waals surface area contributed by atoms with Crippen molar-refractivity contribution in [1.29, 1.82) is 0 Å². The molecule has 3 nitrogen and oxygen atoms in total. The van der Waals surface area contributed by atoms with Crippen molar-refractivity contribution >= 4 is 15.9 Å². The fraction of sp³-hybridized carbons (Fsp3) is 0.312. The Hall–Kier alpha value is -1.46. The van der Waals surface area contributed by atoms with E-state index in [1.165, 1.54) is 6.07 Å². The van der Waals surface area contributed by atoms with Crippen LogP contribution in [0.2, 0.25) is 0 Å². The Balaban J connectivity index is 1.92. The topological polar surface area (TPSA) is 34.1 Å². The maximum Gasteiger partial charge on any atom is 0.165 e. The summed E-state index contributed by atoms with van der Waals surface area (Å²) in [4.78, 5) is 4.19. The zero-order valence-electron chi connectivity index (χ0n) is 11.9. The monoisotopic (exact) mass is 352 g/mol. The summed E-state index contributed by atoms with van der Waals surface area (Å²) in [5, 5.41) is 3.24. The summed E-state index contributed by atoms with van der Waals surface area (Å²) in [6.45, 7) is 3.94. The number of ether oxygens (including phenoxy) is 1. The first kappa shape index (κ1) is 15.9. The Labute approximate surface area is 132 Å². The minimum absolute atomic E-state index is 0.248. The van der Waals surface area contributed by atoms with Gasteiger partial charge in [-0.2, -0.15) is 0 Å². The number of benzene rings is 1. The van der Waals surface area contributed by atoms with Crippen molar-refractivity contribution in [2.24, 2.45) is 0 Å². The quantitative estimate of drug-likeness (QED) is 0.763. The van der Waals surface area contributed by atoms with Gasteiger partial charge in [-0.25, -0.2) is 4.39 Å². The van der Waals surface area contributed by atoms with E-state index in [-0.39, 0.29) is 18.2 Å². The molecular weight excluding hydrogens is 335 g/mol. The molecule has 0 amide bonds. The van der Waals surface area contributed by atoms with Crippen LogP contribution in [0.3, 0.4) is 0 Å². The van der Waals surface area contributed by atoms with Gasteiger partial charge in [0.1, 0.15) is 6.61 Å². The van der Waals surface area contributed by atoms with E-state index in [0.717, 1.165) is 28.7 Å². The fourth-order valence-electron chi connectivity index (χ4n) is 1.82. The van der Waals surface area contributed by atoms with Gasteiger partial charge >= 0.3 is 0 Å². The third-order valence-corrected chi connectivity index (χ3v) is 3.39. The third-order valence-electron chi connectivity index (χ3n) is 2.92. The van der Waals surface area contributed by atoms with Crippen molar-refractivity contribution in [3.05, 3.63) is 58.1 Å². The second-order valence-electron chi connectivity index (χ2n) is 4.70. The molecule has 0 unspecified atom stereocenters. The molecule has 0 fully saturated rings. The van der Waals surface area contributed by atoms with Gasteiger partial charge in [0.2, 0.25) is 0 Å². The second kappa shape index (κ2) is 8.10. The van der Waals surface area contributed by atoms with Gasteiger partial charge in [0.05, 0.1) is 5.69 Å². The first-order valence-electron chi connectivity index (χ1n) is 6.91. The summed E-state index contributed by atoms with van der Waals surface area (Å²) < 4.78 is 20.3. The number of nitrogens with zero attached hydrogens (tertiary/aromatic N) is 1. The van der Waals surface area contributed by atoms with Crippen LogP contribution in [0.4, 0.5) is 4.39 Å². The van der Waals surface area contributed by atoms with E-state index in [1.54, 1.807) is 12.3 Å². The van der Waals surface area contributed by atoms with Crippen molar-refractivity contribution in [3.63, 3.8) is 0 Å². The third kappa shape index (κ3) is 5.10. The van der Waals surface area contributed by atoms with Gasteiger partial charge in [-0.3, -0.25) is 4.98 Å². The largest absolute Gasteiger partial charge is 0.484 e. The van der Waals surface area contributed by atoms with Crippen LogP contribution in [0, 0.1) is 5.82 Å². The maximum atomic E-state index is 13.9. The molecule has 0 saturated carbocycles. The van der Waals surface area contributed by atoms with E-state index in [2.05, 4.69) is 33.2 Å². The van der Waals surface area contributed by atoms with Crippen LogP contribution in [0.1, 0.15) is 24.6 Å². The van der Waals surface area contributed by atoms with Gasteiger partial charge in [-0.05, 0) is 58.7 Å².